The first-order chi connectivity index (χ1) is 10.9. The van der Waals surface area contributed by atoms with Crippen molar-refractivity contribution in [1.82, 2.24) is 4.57 Å². The molecular weight excluding hydrogens is 268 g/mol. The second kappa shape index (κ2) is 5.49. The molecule has 0 spiro atoms. The van der Waals surface area contributed by atoms with Gasteiger partial charge in [0.2, 0.25) is 0 Å². The van der Waals surface area contributed by atoms with E-state index in [4.69, 9.17) is 0 Å². The molecule has 0 aliphatic rings. The van der Waals surface area contributed by atoms with E-state index in [2.05, 4.69) is 100 Å². The minimum absolute atomic E-state index is 0.867. The fraction of sp³-hybridized carbons (Fsp3) is 0.0500. The highest BCUT2D eigenvalue weighted by atomic mass is 15.1. The van der Waals surface area contributed by atoms with E-state index in [0.29, 0.717) is 0 Å². The lowest BCUT2D eigenvalue weighted by atomic mass is 10.1. The Morgan fingerprint density at radius 3 is 2.18 bits per heavy atom. The van der Waals surface area contributed by atoms with Crippen molar-refractivity contribution in [1.29, 1.82) is 0 Å². The van der Waals surface area contributed by atoms with E-state index in [-0.39, 0.29) is 0 Å². The van der Waals surface area contributed by atoms with Crippen molar-refractivity contribution in [3.63, 3.8) is 0 Å². The van der Waals surface area contributed by atoms with E-state index in [0.717, 1.165) is 6.54 Å². The number of fused-ring (bicyclic) bond motifs is 1. The molecule has 2 heterocycles. The molecule has 4 rings (SSSR count). The Morgan fingerprint density at radius 1 is 0.727 bits per heavy atom. The van der Waals surface area contributed by atoms with Gasteiger partial charge in [0, 0.05) is 11.6 Å². The van der Waals surface area contributed by atoms with Crippen LogP contribution in [0, 0.1) is 0 Å². The number of benzene rings is 2. The molecule has 0 aliphatic heterocycles. The number of hydrogen-bond acceptors (Lipinski definition) is 0. The van der Waals surface area contributed by atoms with E-state index in [1.807, 2.05) is 0 Å². The Balaban J connectivity index is 1.91. The lowest BCUT2D eigenvalue weighted by Crippen LogP contribution is -2.18. The Kier molecular flexibility index (Phi) is 3.20. The van der Waals surface area contributed by atoms with Gasteiger partial charge in [-0.1, -0.05) is 66.7 Å². The first kappa shape index (κ1) is 12.8. The van der Waals surface area contributed by atoms with Crippen LogP contribution in [0.3, 0.4) is 0 Å². The average molecular weight is 285 g/mol. The van der Waals surface area contributed by atoms with Crippen LogP contribution < -0.4 is 4.40 Å². The molecular formula is C20H17N2+. The van der Waals surface area contributed by atoms with Crippen LogP contribution in [-0.4, -0.2) is 4.57 Å². The molecule has 2 heteroatoms. The maximum atomic E-state index is 2.37. The fourth-order valence-electron chi connectivity index (χ4n) is 2.88. The molecule has 0 radical (unpaired) electrons. The van der Waals surface area contributed by atoms with Gasteiger partial charge in [-0.15, -0.1) is 0 Å². The number of imidazole rings is 1. The minimum Gasteiger partial charge on any atom is -0.219 e. The first-order valence-electron chi connectivity index (χ1n) is 7.51. The topological polar surface area (TPSA) is 9.03 Å². The highest BCUT2D eigenvalue weighted by Crippen LogP contribution is 2.21. The Labute approximate surface area is 129 Å². The summed E-state index contributed by atoms with van der Waals surface area (Å²) in [7, 11) is 0. The van der Waals surface area contributed by atoms with Crippen LogP contribution in [0.25, 0.3) is 16.9 Å². The molecule has 22 heavy (non-hydrogen) atoms. The highest BCUT2D eigenvalue weighted by molar-refractivity contribution is 5.61. The van der Waals surface area contributed by atoms with Crippen molar-refractivity contribution in [3.8, 4) is 11.3 Å². The number of rotatable bonds is 3. The van der Waals surface area contributed by atoms with Gasteiger partial charge in [0.15, 0.2) is 5.69 Å². The van der Waals surface area contributed by atoms with Crippen molar-refractivity contribution < 1.29 is 4.40 Å². The summed E-state index contributed by atoms with van der Waals surface area (Å²) in [6.07, 6.45) is 4.30. The van der Waals surface area contributed by atoms with Gasteiger partial charge < -0.3 is 0 Å². The summed E-state index contributed by atoms with van der Waals surface area (Å²) in [5.41, 5.74) is 4.98. The highest BCUT2D eigenvalue weighted by Gasteiger charge is 2.18. The lowest BCUT2D eigenvalue weighted by molar-refractivity contribution is -0.510. The zero-order chi connectivity index (χ0) is 14.8. The summed E-state index contributed by atoms with van der Waals surface area (Å²) in [6, 6.07) is 27.5. The SMILES string of the molecule is c1ccc(Cn2c(-c3ccccc3)c[n+]3ccccc23)cc1. The number of hydrogen-bond donors (Lipinski definition) is 0. The normalized spacial score (nSPS) is 10.9. The molecule has 2 aromatic heterocycles. The molecule has 106 valence electrons. The van der Waals surface area contributed by atoms with E-state index in [1.54, 1.807) is 0 Å². The molecule has 0 fully saturated rings. The number of aromatic nitrogens is 2. The maximum absolute atomic E-state index is 2.37. The molecule has 0 saturated heterocycles. The van der Waals surface area contributed by atoms with E-state index in [1.165, 1.54) is 22.5 Å². The predicted molar refractivity (Wildman–Crippen MR) is 88.6 cm³/mol. The summed E-state index contributed by atoms with van der Waals surface area (Å²) in [6.45, 7) is 0.867. The summed E-state index contributed by atoms with van der Waals surface area (Å²) < 4.78 is 4.55. The number of nitrogens with zero attached hydrogens (tertiary/aromatic N) is 2. The molecule has 0 amide bonds. The minimum atomic E-state index is 0.867. The Morgan fingerprint density at radius 2 is 1.41 bits per heavy atom. The van der Waals surface area contributed by atoms with Gasteiger partial charge in [-0.3, -0.25) is 0 Å². The van der Waals surface area contributed by atoms with Crippen LogP contribution in [0.1, 0.15) is 5.56 Å². The summed E-state index contributed by atoms with van der Waals surface area (Å²) in [5.74, 6) is 0. The Hall–Kier alpha value is -2.87. The van der Waals surface area contributed by atoms with Crippen molar-refractivity contribution in [2.75, 3.05) is 0 Å². The Bertz CT molecular complexity index is 893. The average Bonchev–Trinajstić information content (AvgIpc) is 2.95. The second-order valence-electron chi connectivity index (χ2n) is 5.42. The molecule has 2 nitrogen and oxygen atoms in total. The molecule has 0 saturated carbocycles. The molecule has 0 N–H and O–H groups in total. The van der Waals surface area contributed by atoms with E-state index < -0.39 is 0 Å². The van der Waals surface area contributed by atoms with Crippen LogP contribution >= 0.6 is 0 Å². The third-order valence-corrected chi connectivity index (χ3v) is 3.95. The molecule has 2 aromatic carbocycles. The van der Waals surface area contributed by atoms with Crippen molar-refractivity contribution in [3.05, 3.63) is 96.8 Å². The zero-order valence-corrected chi connectivity index (χ0v) is 12.3. The van der Waals surface area contributed by atoms with E-state index >= 15 is 0 Å². The maximum Gasteiger partial charge on any atom is 0.286 e. The smallest absolute Gasteiger partial charge is 0.219 e. The van der Waals surface area contributed by atoms with Crippen LogP contribution in [-0.2, 0) is 6.54 Å². The monoisotopic (exact) mass is 285 g/mol. The van der Waals surface area contributed by atoms with Gasteiger partial charge in [-0.2, -0.15) is 0 Å². The van der Waals surface area contributed by atoms with Gasteiger partial charge in [0.25, 0.3) is 5.65 Å². The van der Waals surface area contributed by atoms with Gasteiger partial charge >= 0.3 is 0 Å². The third-order valence-electron chi connectivity index (χ3n) is 3.95. The van der Waals surface area contributed by atoms with Gasteiger partial charge in [-0.05, 0) is 11.6 Å². The summed E-state index contributed by atoms with van der Waals surface area (Å²) in [5, 5.41) is 0. The lowest BCUT2D eigenvalue weighted by Gasteiger charge is -2.03. The zero-order valence-electron chi connectivity index (χ0n) is 12.3. The first-order valence-corrected chi connectivity index (χ1v) is 7.51. The van der Waals surface area contributed by atoms with Crippen LogP contribution in [0.5, 0.6) is 0 Å². The number of pyridine rings is 1. The quantitative estimate of drug-likeness (QED) is 0.504. The standard InChI is InChI=1S/C20H17N2/c1-3-9-17(10-4-1)15-22-19(18-11-5-2-6-12-18)16-21-14-8-7-13-20(21)22/h1-14,16H,15H2/q+1. The van der Waals surface area contributed by atoms with E-state index in [9.17, 15) is 0 Å². The summed E-state index contributed by atoms with van der Waals surface area (Å²) in [4.78, 5) is 0. The van der Waals surface area contributed by atoms with Crippen molar-refractivity contribution in [2.45, 2.75) is 6.54 Å². The molecule has 0 aliphatic carbocycles. The van der Waals surface area contributed by atoms with Crippen LogP contribution in [0.2, 0.25) is 0 Å². The largest absolute Gasteiger partial charge is 0.286 e. The second-order valence-corrected chi connectivity index (χ2v) is 5.42. The fourth-order valence-corrected chi connectivity index (χ4v) is 2.88. The molecule has 0 atom stereocenters. The summed E-state index contributed by atoms with van der Waals surface area (Å²) >= 11 is 0. The molecule has 0 unspecified atom stereocenters. The van der Waals surface area contributed by atoms with Crippen molar-refractivity contribution >= 4 is 5.65 Å². The molecule has 4 aromatic rings. The van der Waals surface area contributed by atoms with Crippen LogP contribution in [0.4, 0.5) is 0 Å². The van der Waals surface area contributed by atoms with Gasteiger partial charge in [0.1, 0.15) is 12.7 Å². The van der Waals surface area contributed by atoms with Crippen molar-refractivity contribution in [2.24, 2.45) is 0 Å². The van der Waals surface area contributed by atoms with Gasteiger partial charge in [0.05, 0.1) is 6.20 Å². The predicted octanol–water partition coefficient (Wildman–Crippen LogP) is 3.94. The molecule has 0 bridgehead atoms. The third kappa shape index (κ3) is 2.29. The van der Waals surface area contributed by atoms with Gasteiger partial charge in [-0.25, -0.2) is 8.97 Å². The van der Waals surface area contributed by atoms with Crippen LogP contribution in [0.15, 0.2) is 91.3 Å².